The van der Waals surface area contributed by atoms with Crippen LogP contribution in [-0.4, -0.2) is 50.0 Å². The average molecular weight is 204 g/mol. The third kappa shape index (κ3) is 2.12. The minimum atomic E-state index is -2.88. The van der Waals surface area contributed by atoms with Crippen molar-refractivity contribution in [3.63, 3.8) is 0 Å². The molecule has 2 rings (SSSR count). The second kappa shape index (κ2) is 2.87. The van der Waals surface area contributed by atoms with Crippen molar-refractivity contribution in [2.75, 3.05) is 24.6 Å². The molecule has 0 aliphatic carbocycles. The first-order valence-electron chi connectivity index (χ1n) is 4.33. The van der Waals surface area contributed by atoms with Gasteiger partial charge in [-0.25, -0.2) is 13.2 Å². The largest absolute Gasteiger partial charge is 0.334 e. The lowest BCUT2D eigenvalue weighted by atomic mass is 10.3. The smallest absolute Gasteiger partial charge is 0.317 e. The van der Waals surface area contributed by atoms with Crippen LogP contribution >= 0.6 is 0 Å². The Bertz CT molecular complexity index is 321. The van der Waals surface area contributed by atoms with E-state index >= 15 is 0 Å². The van der Waals surface area contributed by atoms with E-state index in [-0.39, 0.29) is 23.6 Å². The summed E-state index contributed by atoms with van der Waals surface area (Å²) in [6.45, 7) is 1.59. The van der Waals surface area contributed by atoms with Gasteiger partial charge in [0.05, 0.1) is 11.5 Å². The topological polar surface area (TPSA) is 66.2 Å². The van der Waals surface area contributed by atoms with Gasteiger partial charge in [-0.3, -0.25) is 0 Å². The quantitative estimate of drug-likeness (QED) is 0.569. The van der Waals surface area contributed by atoms with Crippen LogP contribution in [0.2, 0.25) is 0 Å². The van der Waals surface area contributed by atoms with E-state index in [0.29, 0.717) is 6.42 Å². The highest BCUT2D eigenvalue weighted by Crippen LogP contribution is 2.12. The number of carbonyl (C=O) groups is 1. The minimum absolute atomic E-state index is 0.104. The van der Waals surface area contributed by atoms with Crippen molar-refractivity contribution in [1.82, 2.24) is 10.2 Å². The molecular formula is C7H12N2O3S. The van der Waals surface area contributed by atoms with E-state index in [1.54, 1.807) is 4.90 Å². The highest BCUT2D eigenvalue weighted by molar-refractivity contribution is 7.91. The summed E-state index contributed by atoms with van der Waals surface area (Å²) >= 11 is 0. The first-order valence-corrected chi connectivity index (χ1v) is 6.15. The SMILES string of the molecule is O=C(NC1CCS(=O)(=O)C1)N1CC1. The molecule has 0 radical (unpaired) electrons. The lowest BCUT2D eigenvalue weighted by molar-refractivity contribution is 0.226. The molecule has 2 aliphatic rings. The first kappa shape index (κ1) is 8.80. The van der Waals surface area contributed by atoms with Crippen LogP contribution in [0, 0.1) is 0 Å². The molecule has 2 aliphatic heterocycles. The summed E-state index contributed by atoms with van der Waals surface area (Å²) in [7, 11) is -2.88. The van der Waals surface area contributed by atoms with Crippen LogP contribution in [0.5, 0.6) is 0 Å². The molecule has 0 spiro atoms. The van der Waals surface area contributed by atoms with Gasteiger partial charge < -0.3 is 10.2 Å². The highest BCUT2D eigenvalue weighted by Gasteiger charge is 2.32. The van der Waals surface area contributed by atoms with Gasteiger partial charge in [-0.2, -0.15) is 0 Å². The molecule has 2 saturated heterocycles. The maximum absolute atomic E-state index is 11.2. The number of nitrogens with one attached hydrogen (secondary N) is 1. The van der Waals surface area contributed by atoms with E-state index in [4.69, 9.17) is 0 Å². The van der Waals surface area contributed by atoms with Gasteiger partial charge in [-0.05, 0) is 6.42 Å². The molecular weight excluding hydrogens is 192 g/mol. The summed E-state index contributed by atoms with van der Waals surface area (Å²) < 4.78 is 22.1. The Hall–Kier alpha value is -0.780. The number of hydrogen-bond donors (Lipinski definition) is 1. The van der Waals surface area contributed by atoms with Gasteiger partial charge in [-0.1, -0.05) is 0 Å². The molecule has 0 aromatic carbocycles. The zero-order valence-electron chi connectivity index (χ0n) is 7.19. The number of sulfone groups is 1. The van der Waals surface area contributed by atoms with Crippen LogP contribution in [0.15, 0.2) is 0 Å². The fourth-order valence-corrected chi connectivity index (χ4v) is 3.10. The van der Waals surface area contributed by atoms with Gasteiger partial charge in [0.15, 0.2) is 9.84 Å². The third-order valence-corrected chi connectivity index (χ3v) is 4.06. The van der Waals surface area contributed by atoms with Gasteiger partial charge in [0.25, 0.3) is 0 Å². The van der Waals surface area contributed by atoms with Crippen LogP contribution in [0.1, 0.15) is 6.42 Å². The second-order valence-corrected chi connectivity index (χ2v) is 5.77. The van der Waals surface area contributed by atoms with Crippen LogP contribution in [-0.2, 0) is 9.84 Å². The number of rotatable bonds is 1. The number of carbonyl (C=O) groups excluding carboxylic acids is 1. The third-order valence-electron chi connectivity index (χ3n) is 2.29. The Morgan fingerprint density at radius 1 is 1.38 bits per heavy atom. The highest BCUT2D eigenvalue weighted by atomic mass is 32.2. The molecule has 13 heavy (non-hydrogen) atoms. The predicted molar refractivity (Wildman–Crippen MR) is 47.2 cm³/mol. The zero-order chi connectivity index (χ0) is 9.47. The number of amides is 2. The van der Waals surface area contributed by atoms with Gasteiger partial charge in [0, 0.05) is 19.1 Å². The predicted octanol–water partition coefficient (Wildman–Crippen LogP) is -0.801. The first-order chi connectivity index (χ1) is 6.07. The molecule has 5 nitrogen and oxygen atoms in total. The van der Waals surface area contributed by atoms with Crippen LogP contribution in [0.3, 0.4) is 0 Å². The molecule has 2 heterocycles. The molecule has 2 amide bonds. The molecule has 1 N–H and O–H groups in total. The Labute approximate surface area is 77.0 Å². The molecule has 0 bridgehead atoms. The molecule has 0 saturated carbocycles. The summed E-state index contributed by atoms with van der Waals surface area (Å²) in [6.07, 6.45) is 0.557. The van der Waals surface area contributed by atoms with Crippen molar-refractivity contribution < 1.29 is 13.2 Å². The van der Waals surface area contributed by atoms with E-state index in [0.717, 1.165) is 13.1 Å². The molecule has 1 atom stereocenters. The van der Waals surface area contributed by atoms with Crippen molar-refractivity contribution in [3.05, 3.63) is 0 Å². The Morgan fingerprint density at radius 3 is 2.54 bits per heavy atom. The van der Waals surface area contributed by atoms with Gasteiger partial charge >= 0.3 is 6.03 Å². The fraction of sp³-hybridized carbons (Fsp3) is 0.857. The van der Waals surface area contributed by atoms with Crippen molar-refractivity contribution >= 4 is 15.9 Å². The molecule has 0 aromatic heterocycles. The summed E-state index contributed by atoms with van der Waals surface area (Å²) in [5.74, 6) is 0.310. The normalized spacial score (nSPS) is 30.2. The van der Waals surface area contributed by atoms with Gasteiger partial charge in [0.2, 0.25) is 0 Å². The van der Waals surface area contributed by atoms with Crippen LogP contribution < -0.4 is 5.32 Å². The summed E-state index contributed by atoms with van der Waals surface area (Å²) in [4.78, 5) is 12.8. The number of urea groups is 1. The van der Waals surface area contributed by atoms with E-state index in [1.807, 2.05) is 0 Å². The summed E-state index contributed by atoms with van der Waals surface area (Å²) in [5.41, 5.74) is 0. The van der Waals surface area contributed by atoms with E-state index in [2.05, 4.69) is 5.32 Å². The minimum Gasteiger partial charge on any atom is -0.334 e. The maximum atomic E-state index is 11.2. The second-order valence-electron chi connectivity index (χ2n) is 3.54. The summed E-state index contributed by atoms with van der Waals surface area (Å²) in [5, 5.41) is 2.70. The molecule has 6 heteroatoms. The lowest BCUT2D eigenvalue weighted by Gasteiger charge is -2.10. The van der Waals surface area contributed by atoms with Crippen molar-refractivity contribution in [2.24, 2.45) is 0 Å². The van der Waals surface area contributed by atoms with E-state index in [1.165, 1.54) is 0 Å². The number of nitrogens with zero attached hydrogens (tertiary/aromatic N) is 1. The lowest BCUT2D eigenvalue weighted by Crippen LogP contribution is -2.38. The van der Waals surface area contributed by atoms with Crippen molar-refractivity contribution in [1.29, 1.82) is 0 Å². The average Bonchev–Trinajstić information content (AvgIpc) is 2.78. The summed E-state index contributed by atoms with van der Waals surface area (Å²) in [6, 6.07) is -0.291. The van der Waals surface area contributed by atoms with Crippen LogP contribution in [0.4, 0.5) is 4.79 Å². The Morgan fingerprint density at radius 2 is 2.08 bits per heavy atom. The Kier molecular flexibility index (Phi) is 1.94. The van der Waals surface area contributed by atoms with Gasteiger partial charge in [-0.15, -0.1) is 0 Å². The number of hydrogen-bond acceptors (Lipinski definition) is 3. The monoisotopic (exact) mass is 204 g/mol. The molecule has 74 valence electrons. The molecule has 1 unspecified atom stereocenters. The van der Waals surface area contributed by atoms with Crippen molar-refractivity contribution in [2.45, 2.75) is 12.5 Å². The van der Waals surface area contributed by atoms with Crippen molar-refractivity contribution in [3.8, 4) is 0 Å². The maximum Gasteiger partial charge on any atom is 0.317 e. The van der Waals surface area contributed by atoms with Gasteiger partial charge in [0.1, 0.15) is 0 Å². The van der Waals surface area contributed by atoms with E-state index in [9.17, 15) is 13.2 Å². The molecule has 0 aromatic rings. The van der Waals surface area contributed by atoms with Crippen LogP contribution in [0.25, 0.3) is 0 Å². The fourth-order valence-electron chi connectivity index (χ4n) is 1.43. The Balaban J connectivity index is 1.86. The zero-order valence-corrected chi connectivity index (χ0v) is 8.01. The molecule has 2 fully saturated rings. The standard InChI is InChI=1S/C7H12N2O3S/c10-7(9-2-3-9)8-6-1-4-13(11,12)5-6/h6H,1-5H2,(H,8,10). The van der Waals surface area contributed by atoms with E-state index < -0.39 is 9.84 Å².